The number of nitrogens with zero attached hydrogens (tertiary/aromatic N) is 1. The summed E-state index contributed by atoms with van der Waals surface area (Å²) in [5.41, 5.74) is 7.26. The van der Waals surface area contributed by atoms with Crippen molar-refractivity contribution in [2.45, 2.75) is 13.3 Å². The van der Waals surface area contributed by atoms with Crippen LogP contribution >= 0.6 is 0 Å². The molecular formula is C15H18N4O2. The Hall–Kier alpha value is -2.63. The van der Waals surface area contributed by atoms with Gasteiger partial charge in [0, 0.05) is 17.6 Å². The van der Waals surface area contributed by atoms with E-state index in [0.29, 0.717) is 17.7 Å². The van der Waals surface area contributed by atoms with Gasteiger partial charge >= 0.3 is 0 Å². The number of fused-ring (bicyclic) bond motifs is 1. The Bertz CT molecular complexity index is 670. The zero-order valence-electron chi connectivity index (χ0n) is 11.8. The van der Waals surface area contributed by atoms with Gasteiger partial charge in [-0.05, 0) is 18.6 Å². The van der Waals surface area contributed by atoms with Crippen molar-refractivity contribution in [3.63, 3.8) is 0 Å². The standard InChI is InChI=1S/C15H18N4O2/c1-2-7-17-14(20)9-18-15(21)13-8-11(16)10-5-3-4-6-12(10)19-13/h3-6,8H,2,7,9H2,1H3,(H2,16,19)(H,17,20)(H,18,21). The maximum Gasteiger partial charge on any atom is 0.270 e. The molecule has 0 atom stereocenters. The molecule has 21 heavy (non-hydrogen) atoms. The van der Waals surface area contributed by atoms with Crippen molar-refractivity contribution < 1.29 is 9.59 Å². The third-order valence-electron chi connectivity index (χ3n) is 2.96. The lowest BCUT2D eigenvalue weighted by Gasteiger charge is -2.08. The van der Waals surface area contributed by atoms with Crippen molar-refractivity contribution >= 4 is 28.4 Å². The minimum absolute atomic E-state index is 0.0761. The number of pyridine rings is 1. The van der Waals surface area contributed by atoms with E-state index in [2.05, 4.69) is 15.6 Å². The monoisotopic (exact) mass is 286 g/mol. The lowest BCUT2D eigenvalue weighted by Crippen LogP contribution is -2.37. The highest BCUT2D eigenvalue weighted by atomic mass is 16.2. The molecule has 0 saturated heterocycles. The Morgan fingerprint density at radius 2 is 2.00 bits per heavy atom. The summed E-state index contributed by atoms with van der Waals surface area (Å²) < 4.78 is 0. The van der Waals surface area contributed by atoms with Crippen molar-refractivity contribution in [1.29, 1.82) is 0 Å². The zero-order chi connectivity index (χ0) is 15.2. The molecule has 0 aliphatic heterocycles. The van der Waals surface area contributed by atoms with Gasteiger partial charge in [0.2, 0.25) is 5.91 Å². The van der Waals surface area contributed by atoms with Crippen LogP contribution in [0.4, 0.5) is 5.69 Å². The van der Waals surface area contributed by atoms with Crippen molar-refractivity contribution in [3.05, 3.63) is 36.0 Å². The number of para-hydroxylation sites is 1. The van der Waals surface area contributed by atoms with Crippen LogP contribution < -0.4 is 16.4 Å². The minimum atomic E-state index is -0.417. The lowest BCUT2D eigenvalue weighted by atomic mass is 10.1. The van der Waals surface area contributed by atoms with Crippen molar-refractivity contribution in [2.75, 3.05) is 18.8 Å². The summed E-state index contributed by atoms with van der Waals surface area (Å²) >= 11 is 0. The average molecular weight is 286 g/mol. The molecule has 2 aromatic rings. The number of anilines is 1. The van der Waals surface area contributed by atoms with Crippen LogP contribution in [0.15, 0.2) is 30.3 Å². The topological polar surface area (TPSA) is 97.1 Å². The second-order valence-electron chi connectivity index (χ2n) is 4.65. The molecule has 0 spiro atoms. The van der Waals surface area contributed by atoms with Crippen LogP contribution in [0.25, 0.3) is 10.9 Å². The van der Waals surface area contributed by atoms with Crippen LogP contribution in [0, 0.1) is 0 Å². The number of benzene rings is 1. The van der Waals surface area contributed by atoms with Crippen LogP contribution in [0.3, 0.4) is 0 Å². The van der Waals surface area contributed by atoms with Crippen LogP contribution in [0.2, 0.25) is 0 Å². The zero-order valence-corrected chi connectivity index (χ0v) is 11.8. The Morgan fingerprint density at radius 3 is 2.76 bits per heavy atom. The van der Waals surface area contributed by atoms with Crippen molar-refractivity contribution in [2.24, 2.45) is 0 Å². The molecule has 0 fully saturated rings. The van der Waals surface area contributed by atoms with Gasteiger partial charge in [0.15, 0.2) is 0 Å². The van der Waals surface area contributed by atoms with Gasteiger partial charge in [-0.25, -0.2) is 4.98 Å². The number of carbonyl (C=O) groups is 2. The molecule has 1 aromatic heterocycles. The Labute approximate surface area is 122 Å². The fourth-order valence-corrected chi connectivity index (χ4v) is 1.90. The third kappa shape index (κ3) is 3.68. The summed E-state index contributed by atoms with van der Waals surface area (Å²) in [5, 5.41) is 6.01. The number of rotatable bonds is 5. The van der Waals surface area contributed by atoms with E-state index in [1.165, 1.54) is 6.07 Å². The van der Waals surface area contributed by atoms with Crippen molar-refractivity contribution in [1.82, 2.24) is 15.6 Å². The van der Waals surface area contributed by atoms with E-state index in [1.807, 2.05) is 25.1 Å². The Kier molecular flexibility index (Phi) is 4.71. The highest BCUT2D eigenvalue weighted by Crippen LogP contribution is 2.19. The third-order valence-corrected chi connectivity index (χ3v) is 2.96. The van der Waals surface area contributed by atoms with Gasteiger partial charge in [-0.2, -0.15) is 0 Å². The summed E-state index contributed by atoms with van der Waals surface area (Å²) in [4.78, 5) is 27.7. The molecular weight excluding hydrogens is 268 g/mol. The molecule has 1 aromatic carbocycles. The first-order valence-corrected chi connectivity index (χ1v) is 6.82. The number of hydrogen-bond acceptors (Lipinski definition) is 4. The summed E-state index contributed by atoms with van der Waals surface area (Å²) in [6.07, 6.45) is 0.850. The van der Waals surface area contributed by atoms with Gasteiger partial charge in [-0.1, -0.05) is 25.1 Å². The van der Waals surface area contributed by atoms with E-state index in [-0.39, 0.29) is 18.1 Å². The predicted molar refractivity (Wildman–Crippen MR) is 81.8 cm³/mol. The second kappa shape index (κ2) is 6.69. The lowest BCUT2D eigenvalue weighted by molar-refractivity contribution is -0.120. The maximum absolute atomic E-state index is 12.0. The summed E-state index contributed by atoms with van der Waals surface area (Å²) in [7, 11) is 0. The number of nitrogen functional groups attached to an aromatic ring is 1. The molecule has 2 rings (SSSR count). The molecule has 110 valence electrons. The van der Waals surface area contributed by atoms with Crippen LogP contribution in [0.1, 0.15) is 23.8 Å². The van der Waals surface area contributed by atoms with E-state index in [9.17, 15) is 9.59 Å². The number of amides is 2. The van der Waals surface area contributed by atoms with Gasteiger partial charge in [-0.15, -0.1) is 0 Å². The van der Waals surface area contributed by atoms with Crippen LogP contribution in [0.5, 0.6) is 0 Å². The molecule has 0 saturated carbocycles. The normalized spacial score (nSPS) is 10.3. The molecule has 2 amide bonds. The van der Waals surface area contributed by atoms with Crippen LogP contribution in [-0.2, 0) is 4.79 Å². The van der Waals surface area contributed by atoms with Gasteiger partial charge in [0.05, 0.1) is 12.1 Å². The molecule has 0 aliphatic rings. The number of carbonyl (C=O) groups excluding carboxylic acids is 2. The SMILES string of the molecule is CCCNC(=O)CNC(=O)c1cc(N)c2ccccc2n1. The van der Waals surface area contributed by atoms with Crippen molar-refractivity contribution in [3.8, 4) is 0 Å². The smallest absolute Gasteiger partial charge is 0.270 e. The maximum atomic E-state index is 12.0. The molecule has 0 unspecified atom stereocenters. The molecule has 0 bridgehead atoms. The fourth-order valence-electron chi connectivity index (χ4n) is 1.90. The van der Waals surface area contributed by atoms with E-state index in [4.69, 9.17) is 5.73 Å². The highest BCUT2D eigenvalue weighted by molar-refractivity contribution is 6.00. The van der Waals surface area contributed by atoms with Crippen LogP contribution in [-0.4, -0.2) is 29.9 Å². The highest BCUT2D eigenvalue weighted by Gasteiger charge is 2.11. The van der Waals surface area contributed by atoms with E-state index >= 15 is 0 Å². The largest absolute Gasteiger partial charge is 0.398 e. The number of nitrogens with two attached hydrogens (primary N) is 1. The second-order valence-corrected chi connectivity index (χ2v) is 4.65. The molecule has 0 radical (unpaired) electrons. The Balaban J connectivity index is 2.07. The number of nitrogens with one attached hydrogen (secondary N) is 2. The molecule has 6 heteroatoms. The van der Waals surface area contributed by atoms with Gasteiger partial charge in [-0.3, -0.25) is 9.59 Å². The predicted octanol–water partition coefficient (Wildman–Crippen LogP) is 1.07. The molecule has 6 nitrogen and oxygen atoms in total. The molecule has 0 aliphatic carbocycles. The van der Waals surface area contributed by atoms with Gasteiger partial charge < -0.3 is 16.4 Å². The van der Waals surface area contributed by atoms with Gasteiger partial charge in [0.25, 0.3) is 5.91 Å². The first kappa shape index (κ1) is 14.8. The number of hydrogen-bond donors (Lipinski definition) is 3. The summed E-state index contributed by atoms with van der Waals surface area (Å²) in [6, 6.07) is 8.84. The first-order chi connectivity index (χ1) is 10.1. The Morgan fingerprint density at radius 1 is 1.24 bits per heavy atom. The summed E-state index contributed by atoms with van der Waals surface area (Å²) in [5.74, 6) is -0.641. The summed E-state index contributed by atoms with van der Waals surface area (Å²) in [6.45, 7) is 2.48. The average Bonchev–Trinajstić information content (AvgIpc) is 2.50. The fraction of sp³-hybridized carbons (Fsp3) is 0.267. The molecule has 4 N–H and O–H groups in total. The quantitative estimate of drug-likeness (QED) is 0.766. The first-order valence-electron chi connectivity index (χ1n) is 6.82. The van der Waals surface area contributed by atoms with E-state index < -0.39 is 5.91 Å². The number of aromatic nitrogens is 1. The van der Waals surface area contributed by atoms with Gasteiger partial charge in [0.1, 0.15) is 5.69 Å². The van der Waals surface area contributed by atoms with E-state index in [1.54, 1.807) is 6.07 Å². The van der Waals surface area contributed by atoms with E-state index in [0.717, 1.165) is 11.8 Å². The molecule has 1 heterocycles. The minimum Gasteiger partial charge on any atom is -0.398 e.